The predicted molar refractivity (Wildman–Crippen MR) is 136 cm³/mol. The first-order valence-corrected chi connectivity index (χ1v) is 13.3. The lowest BCUT2D eigenvalue weighted by Gasteiger charge is -2.31. The molecule has 2 aliphatic carbocycles. The van der Waals surface area contributed by atoms with Crippen LogP contribution >= 0.6 is 0 Å². The molecule has 2 fully saturated rings. The Morgan fingerprint density at radius 1 is 1.12 bits per heavy atom. The fraction of sp³-hybridized carbons (Fsp3) is 0.423. The Bertz CT molecular complexity index is 1180. The molecule has 2 aromatic carbocycles. The topological polar surface area (TPSA) is 96.6 Å². The number of rotatable bonds is 8. The monoisotopic (exact) mass is 484 g/mol. The van der Waals surface area contributed by atoms with E-state index in [1.54, 1.807) is 19.3 Å². The Kier molecular flexibility index (Phi) is 7.26. The fourth-order valence-electron chi connectivity index (χ4n) is 4.62. The number of benzene rings is 2. The summed E-state index contributed by atoms with van der Waals surface area (Å²) in [6.45, 7) is 2.11. The number of nitrogens with two attached hydrogens (primary N) is 1. The summed E-state index contributed by atoms with van der Waals surface area (Å²) in [7, 11) is -2.04. The van der Waals surface area contributed by atoms with Gasteiger partial charge >= 0.3 is 0 Å². The molecule has 2 aromatic rings. The molecular formula is C26H33FN4O2S. The maximum Gasteiger partial charge on any atom is 0.282 e. The lowest BCUT2D eigenvalue weighted by Crippen LogP contribution is -2.27. The van der Waals surface area contributed by atoms with Crippen molar-refractivity contribution < 1.29 is 12.8 Å². The van der Waals surface area contributed by atoms with Gasteiger partial charge < -0.3 is 16.4 Å². The van der Waals surface area contributed by atoms with E-state index in [0.29, 0.717) is 17.3 Å². The summed E-state index contributed by atoms with van der Waals surface area (Å²) in [5, 5.41) is 6.63. The molecule has 6 nitrogen and oxygen atoms in total. The maximum absolute atomic E-state index is 13.3. The average Bonchev–Trinajstić information content (AvgIpc) is 3.67. The van der Waals surface area contributed by atoms with E-state index in [2.05, 4.69) is 22.0 Å². The molecule has 182 valence electrons. The quantitative estimate of drug-likeness (QED) is 0.344. The minimum atomic E-state index is -3.78. The fourth-order valence-corrected chi connectivity index (χ4v) is 5.59. The predicted octanol–water partition coefficient (Wildman–Crippen LogP) is 5.41. The number of anilines is 2. The van der Waals surface area contributed by atoms with Gasteiger partial charge in [-0.05, 0) is 93.2 Å². The van der Waals surface area contributed by atoms with Gasteiger partial charge in [0, 0.05) is 25.0 Å². The third kappa shape index (κ3) is 5.78. The molecule has 2 aliphatic rings. The Hall–Kier alpha value is -2.87. The van der Waals surface area contributed by atoms with Crippen molar-refractivity contribution in [1.82, 2.24) is 5.32 Å². The SMILES string of the molecule is CNc1ccc(S(=O)(=O)N=CC2CCC(C(N[C@H](C)c3ccc(F)cc3)=C3CC3)CC2)cc1N. The molecular weight excluding hydrogens is 451 g/mol. The maximum atomic E-state index is 13.3. The van der Waals surface area contributed by atoms with Crippen molar-refractivity contribution in [3.05, 3.63) is 65.1 Å². The number of allylic oxidation sites excluding steroid dienone is 2. The van der Waals surface area contributed by atoms with E-state index >= 15 is 0 Å². The van der Waals surface area contributed by atoms with Crippen LogP contribution in [0.15, 0.2) is 63.0 Å². The molecule has 8 heteroatoms. The van der Waals surface area contributed by atoms with Crippen LogP contribution in [0.25, 0.3) is 0 Å². The lowest BCUT2D eigenvalue weighted by atomic mass is 9.80. The highest BCUT2D eigenvalue weighted by atomic mass is 32.2. The zero-order chi connectivity index (χ0) is 24.3. The normalized spacial score (nSPS) is 21.3. The van der Waals surface area contributed by atoms with Gasteiger partial charge in [0.2, 0.25) is 0 Å². The van der Waals surface area contributed by atoms with E-state index < -0.39 is 10.0 Å². The summed E-state index contributed by atoms with van der Waals surface area (Å²) in [6, 6.07) is 11.4. The van der Waals surface area contributed by atoms with Crippen molar-refractivity contribution in [1.29, 1.82) is 0 Å². The zero-order valence-corrected chi connectivity index (χ0v) is 20.5. The molecule has 0 aromatic heterocycles. The number of nitrogens with zero attached hydrogens (tertiary/aromatic N) is 1. The van der Waals surface area contributed by atoms with Crippen LogP contribution in [0.1, 0.15) is 57.1 Å². The summed E-state index contributed by atoms with van der Waals surface area (Å²) in [6.07, 6.45) is 7.64. The second kappa shape index (κ2) is 10.2. The highest BCUT2D eigenvalue weighted by Crippen LogP contribution is 2.40. The van der Waals surface area contributed by atoms with Crippen molar-refractivity contribution in [3.63, 3.8) is 0 Å². The Balaban J connectivity index is 1.36. The molecule has 34 heavy (non-hydrogen) atoms. The van der Waals surface area contributed by atoms with Crippen LogP contribution in [0.4, 0.5) is 15.8 Å². The van der Waals surface area contributed by atoms with Crippen molar-refractivity contribution in [2.24, 2.45) is 16.2 Å². The Labute approximate surface area is 201 Å². The second-order valence-electron chi connectivity index (χ2n) is 9.28. The van der Waals surface area contributed by atoms with Crippen LogP contribution in [0, 0.1) is 17.7 Å². The summed E-state index contributed by atoms with van der Waals surface area (Å²) < 4.78 is 42.6. The van der Waals surface area contributed by atoms with Crippen LogP contribution in [-0.4, -0.2) is 21.7 Å². The third-order valence-electron chi connectivity index (χ3n) is 6.80. The molecule has 0 radical (unpaired) electrons. The van der Waals surface area contributed by atoms with Gasteiger partial charge in [-0.2, -0.15) is 12.8 Å². The van der Waals surface area contributed by atoms with Crippen LogP contribution in [-0.2, 0) is 10.0 Å². The first-order valence-electron chi connectivity index (χ1n) is 11.9. The van der Waals surface area contributed by atoms with Crippen LogP contribution < -0.4 is 16.4 Å². The standard InChI is InChI=1S/C26H33FN4O2S/c1-17(19-9-11-22(27)12-10-19)31-26(21-7-8-21)20-5-3-18(4-6-20)16-30-34(32,33)23-13-14-25(29-2)24(28)15-23/h9-18,20,29,31H,3-8,28H2,1-2H3/t17-,18?,20?/m1/s1. The Morgan fingerprint density at radius 3 is 2.38 bits per heavy atom. The van der Waals surface area contributed by atoms with E-state index in [-0.39, 0.29) is 22.7 Å². The number of nitrogens with one attached hydrogen (secondary N) is 2. The molecule has 4 N–H and O–H groups in total. The molecule has 0 spiro atoms. The van der Waals surface area contributed by atoms with Crippen molar-refractivity contribution in [2.45, 2.75) is 56.4 Å². The molecule has 4 rings (SSSR count). The van der Waals surface area contributed by atoms with Gasteiger partial charge in [-0.3, -0.25) is 0 Å². The summed E-state index contributed by atoms with van der Waals surface area (Å²) in [5.41, 5.74) is 10.9. The van der Waals surface area contributed by atoms with E-state index in [0.717, 1.165) is 44.1 Å². The molecule has 0 heterocycles. The molecule has 0 bridgehead atoms. The van der Waals surface area contributed by atoms with Crippen LogP contribution in [0.3, 0.4) is 0 Å². The highest BCUT2D eigenvalue weighted by molar-refractivity contribution is 7.90. The number of nitrogen functional groups attached to an aromatic ring is 1. The van der Waals surface area contributed by atoms with Crippen molar-refractivity contribution >= 4 is 27.6 Å². The van der Waals surface area contributed by atoms with Crippen LogP contribution in [0.5, 0.6) is 0 Å². The molecule has 0 unspecified atom stereocenters. The van der Waals surface area contributed by atoms with Gasteiger partial charge in [0.1, 0.15) is 5.82 Å². The first-order chi connectivity index (χ1) is 16.3. The Morgan fingerprint density at radius 2 is 1.79 bits per heavy atom. The second-order valence-corrected chi connectivity index (χ2v) is 10.9. The number of hydrogen-bond acceptors (Lipinski definition) is 5. The zero-order valence-electron chi connectivity index (χ0n) is 19.7. The van der Waals surface area contributed by atoms with Crippen molar-refractivity contribution in [2.75, 3.05) is 18.1 Å². The van der Waals surface area contributed by atoms with Crippen molar-refractivity contribution in [3.8, 4) is 0 Å². The molecule has 1 atom stereocenters. The minimum Gasteiger partial charge on any atom is -0.397 e. The average molecular weight is 485 g/mol. The summed E-state index contributed by atoms with van der Waals surface area (Å²) in [4.78, 5) is 0.105. The van der Waals surface area contributed by atoms with Gasteiger partial charge in [-0.25, -0.2) is 4.39 Å². The van der Waals surface area contributed by atoms with E-state index in [4.69, 9.17) is 5.73 Å². The van der Waals surface area contributed by atoms with Gasteiger partial charge in [-0.1, -0.05) is 17.7 Å². The van der Waals surface area contributed by atoms with Gasteiger partial charge in [0.05, 0.1) is 16.3 Å². The number of halogens is 1. The highest BCUT2D eigenvalue weighted by Gasteiger charge is 2.29. The third-order valence-corrected chi connectivity index (χ3v) is 8.05. The summed E-state index contributed by atoms with van der Waals surface area (Å²) in [5.74, 6) is 0.354. The molecule has 0 aliphatic heterocycles. The summed E-state index contributed by atoms with van der Waals surface area (Å²) >= 11 is 0. The molecule has 2 saturated carbocycles. The minimum absolute atomic E-state index is 0.105. The number of hydrogen-bond donors (Lipinski definition) is 3. The first kappa shape index (κ1) is 24.3. The van der Waals surface area contributed by atoms with Gasteiger partial charge in [0.25, 0.3) is 10.0 Å². The van der Waals surface area contributed by atoms with E-state index in [9.17, 15) is 12.8 Å². The van der Waals surface area contributed by atoms with Crippen LogP contribution in [0.2, 0.25) is 0 Å². The van der Waals surface area contributed by atoms with E-state index in [1.807, 2.05) is 12.1 Å². The van der Waals surface area contributed by atoms with E-state index in [1.165, 1.54) is 35.5 Å². The largest absolute Gasteiger partial charge is 0.397 e. The molecule has 0 amide bonds. The van der Waals surface area contributed by atoms with Gasteiger partial charge in [0.15, 0.2) is 0 Å². The lowest BCUT2D eigenvalue weighted by molar-refractivity contribution is 0.343. The van der Waals surface area contributed by atoms with Gasteiger partial charge in [-0.15, -0.1) is 0 Å². The number of sulfonamides is 1. The smallest absolute Gasteiger partial charge is 0.282 e. The molecule has 0 saturated heterocycles.